The van der Waals surface area contributed by atoms with Crippen LogP contribution in [0.2, 0.25) is 0 Å². The molecule has 0 aliphatic heterocycles. The Hall–Kier alpha value is -3.48. The Bertz CT molecular complexity index is 914. The summed E-state index contributed by atoms with van der Waals surface area (Å²) in [6.45, 7) is 0. The van der Waals surface area contributed by atoms with Gasteiger partial charge in [0.2, 0.25) is 0 Å². The third-order valence-corrected chi connectivity index (χ3v) is 3.34. The lowest BCUT2D eigenvalue weighted by Gasteiger charge is -1.99. The highest BCUT2D eigenvalue weighted by atomic mass is 16.6. The van der Waals surface area contributed by atoms with Crippen LogP contribution in [0.4, 0.5) is 5.69 Å². The third-order valence-electron chi connectivity index (χ3n) is 3.34. The normalized spacial score (nSPS) is 11.0. The molecule has 114 valence electrons. The van der Waals surface area contributed by atoms with Crippen LogP contribution in [0.3, 0.4) is 0 Å². The second-order valence-corrected chi connectivity index (χ2v) is 4.76. The molecule has 0 aliphatic carbocycles. The molecule has 0 fully saturated rings. The van der Waals surface area contributed by atoms with Crippen LogP contribution in [0.15, 0.2) is 59.8 Å². The lowest BCUT2D eigenvalue weighted by atomic mass is 10.2. The second-order valence-electron chi connectivity index (χ2n) is 4.76. The Morgan fingerprint density at radius 1 is 1.17 bits per heavy atom. The molecule has 0 bridgehead atoms. The molecule has 0 saturated carbocycles. The molecule has 7 nitrogen and oxygen atoms in total. The monoisotopic (exact) mass is 308 g/mol. The number of aromatic nitrogens is 1. The number of nitrogens with one attached hydrogen (secondary N) is 2. The van der Waals surface area contributed by atoms with Crippen LogP contribution in [0.25, 0.3) is 10.9 Å². The Balaban J connectivity index is 1.78. The fraction of sp³-hybridized carbons (Fsp3) is 0. The molecule has 7 heteroatoms. The Labute approximate surface area is 130 Å². The Morgan fingerprint density at radius 2 is 1.91 bits per heavy atom. The van der Waals surface area contributed by atoms with Crippen LogP contribution < -0.4 is 5.43 Å². The zero-order chi connectivity index (χ0) is 16.2. The summed E-state index contributed by atoms with van der Waals surface area (Å²) in [6, 6.07) is 13.6. The van der Waals surface area contributed by atoms with Crippen molar-refractivity contribution in [3.8, 4) is 0 Å². The molecule has 0 unspecified atom stereocenters. The van der Waals surface area contributed by atoms with Gasteiger partial charge in [0, 0.05) is 23.2 Å². The van der Waals surface area contributed by atoms with Crippen molar-refractivity contribution in [3.63, 3.8) is 0 Å². The van der Waals surface area contributed by atoms with E-state index in [9.17, 15) is 14.9 Å². The standard InChI is InChI=1S/C16H12N4O3/c21-16(13-10-17-14-7-3-2-6-12(13)14)19-18-9-11-5-1-4-8-15(11)20(22)23/h1-10,17H,(H,19,21)/b18-9+. The zero-order valence-corrected chi connectivity index (χ0v) is 11.9. The summed E-state index contributed by atoms with van der Waals surface area (Å²) >= 11 is 0. The topological polar surface area (TPSA) is 100 Å². The third kappa shape index (κ3) is 2.93. The van der Waals surface area contributed by atoms with Crippen molar-refractivity contribution in [1.29, 1.82) is 0 Å². The summed E-state index contributed by atoms with van der Waals surface area (Å²) < 4.78 is 0. The van der Waals surface area contributed by atoms with Crippen molar-refractivity contribution in [1.82, 2.24) is 10.4 Å². The van der Waals surface area contributed by atoms with Crippen LogP contribution in [-0.2, 0) is 0 Å². The number of para-hydroxylation sites is 2. The first-order valence-electron chi connectivity index (χ1n) is 6.80. The maximum atomic E-state index is 12.2. The smallest absolute Gasteiger partial charge is 0.278 e. The van der Waals surface area contributed by atoms with Crippen molar-refractivity contribution in [3.05, 3.63) is 76.0 Å². The highest BCUT2D eigenvalue weighted by Crippen LogP contribution is 2.17. The maximum Gasteiger partial charge on any atom is 0.278 e. The predicted molar refractivity (Wildman–Crippen MR) is 86.5 cm³/mol. The molecule has 23 heavy (non-hydrogen) atoms. The van der Waals surface area contributed by atoms with E-state index < -0.39 is 10.8 Å². The van der Waals surface area contributed by atoms with Gasteiger partial charge in [0.1, 0.15) is 0 Å². The van der Waals surface area contributed by atoms with Gasteiger partial charge in [0.25, 0.3) is 11.6 Å². The minimum atomic E-state index is -0.497. The summed E-state index contributed by atoms with van der Waals surface area (Å²) in [4.78, 5) is 25.6. The summed E-state index contributed by atoms with van der Waals surface area (Å²) in [5, 5.41) is 15.5. The summed E-state index contributed by atoms with van der Waals surface area (Å²) in [6.07, 6.45) is 2.85. The number of H-pyrrole nitrogens is 1. The highest BCUT2D eigenvalue weighted by molar-refractivity contribution is 6.06. The average molecular weight is 308 g/mol. The van der Waals surface area contributed by atoms with Gasteiger partial charge in [-0.2, -0.15) is 5.10 Å². The first kappa shape index (κ1) is 14.5. The molecule has 2 aromatic carbocycles. The number of nitro benzene ring substituents is 1. The molecule has 0 radical (unpaired) electrons. The average Bonchev–Trinajstić information content (AvgIpc) is 2.99. The summed E-state index contributed by atoms with van der Waals surface area (Å²) in [5.41, 5.74) is 3.93. The van der Waals surface area contributed by atoms with E-state index in [1.165, 1.54) is 12.3 Å². The van der Waals surface area contributed by atoms with Gasteiger partial charge in [-0.1, -0.05) is 30.3 Å². The van der Waals surface area contributed by atoms with Gasteiger partial charge in [0.15, 0.2) is 0 Å². The van der Waals surface area contributed by atoms with Crippen LogP contribution >= 0.6 is 0 Å². The quantitative estimate of drug-likeness (QED) is 0.440. The number of carbonyl (C=O) groups excluding carboxylic acids is 1. The van der Waals surface area contributed by atoms with Gasteiger partial charge in [-0.3, -0.25) is 14.9 Å². The molecule has 3 aromatic rings. The van der Waals surface area contributed by atoms with Crippen LogP contribution in [0, 0.1) is 10.1 Å². The van der Waals surface area contributed by atoms with E-state index >= 15 is 0 Å². The molecule has 1 amide bonds. The zero-order valence-electron chi connectivity index (χ0n) is 11.9. The molecule has 1 heterocycles. The molecular weight excluding hydrogens is 296 g/mol. The molecule has 2 N–H and O–H groups in total. The molecule has 0 atom stereocenters. The fourth-order valence-electron chi connectivity index (χ4n) is 2.24. The molecule has 3 rings (SSSR count). The minimum absolute atomic E-state index is 0.0717. The molecule has 0 saturated heterocycles. The van der Waals surface area contributed by atoms with Crippen molar-refractivity contribution in [2.75, 3.05) is 0 Å². The summed E-state index contributed by atoms with van der Waals surface area (Å²) in [5.74, 6) is -0.391. The van der Waals surface area contributed by atoms with Crippen LogP contribution in [0.1, 0.15) is 15.9 Å². The molecule has 0 spiro atoms. The van der Waals surface area contributed by atoms with Gasteiger partial charge in [0.05, 0.1) is 22.3 Å². The van der Waals surface area contributed by atoms with Gasteiger partial charge >= 0.3 is 0 Å². The first-order chi connectivity index (χ1) is 11.2. The Kier molecular flexibility index (Phi) is 3.84. The minimum Gasteiger partial charge on any atom is -0.360 e. The predicted octanol–water partition coefficient (Wildman–Crippen LogP) is 2.84. The lowest BCUT2D eigenvalue weighted by molar-refractivity contribution is -0.385. The van der Waals surface area contributed by atoms with E-state index in [1.807, 2.05) is 24.3 Å². The maximum absolute atomic E-state index is 12.2. The van der Waals surface area contributed by atoms with E-state index in [2.05, 4.69) is 15.5 Å². The molecule has 1 aromatic heterocycles. The summed E-state index contributed by atoms with van der Waals surface area (Å²) in [7, 11) is 0. The van der Waals surface area contributed by atoms with E-state index in [1.54, 1.807) is 24.4 Å². The van der Waals surface area contributed by atoms with E-state index in [-0.39, 0.29) is 5.69 Å². The second kappa shape index (κ2) is 6.10. The first-order valence-corrected chi connectivity index (χ1v) is 6.80. The van der Waals surface area contributed by atoms with Crippen LogP contribution in [-0.4, -0.2) is 22.0 Å². The van der Waals surface area contributed by atoms with Gasteiger partial charge in [-0.15, -0.1) is 0 Å². The number of carbonyl (C=O) groups is 1. The van der Waals surface area contributed by atoms with Gasteiger partial charge in [-0.05, 0) is 12.1 Å². The number of nitro groups is 1. The van der Waals surface area contributed by atoms with Crippen molar-refractivity contribution < 1.29 is 9.72 Å². The number of amides is 1. The number of hydrogen-bond donors (Lipinski definition) is 2. The van der Waals surface area contributed by atoms with Gasteiger partial charge in [-0.25, -0.2) is 5.43 Å². The van der Waals surface area contributed by atoms with Gasteiger partial charge < -0.3 is 4.98 Å². The van der Waals surface area contributed by atoms with E-state index in [0.717, 1.165) is 10.9 Å². The number of benzene rings is 2. The van der Waals surface area contributed by atoms with Crippen molar-refractivity contribution in [2.24, 2.45) is 5.10 Å². The van der Waals surface area contributed by atoms with E-state index in [0.29, 0.717) is 11.1 Å². The highest BCUT2D eigenvalue weighted by Gasteiger charge is 2.12. The number of nitrogens with zero attached hydrogens (tertiary/aromatic N) is 2. The van der Waals surface area contributed by atoms with Crippen molar-refractivity contribution >= 4 is 28.7 Å². The van der Waals surface area contributed by atoms with Crippen LogP contribution in [0.5, 0.6) is 0 Å². The number of rotatable bonds is 4. The lowest BCUT2D eigenvalue weighted by Crippen LogP contribution is -2.17. The largest absolute Gasteiger partial charge is 0.360 e. The number of hydrogen-bond acceptors (Lipinski definition) is 4. The number of hydrazone groups is 1. The SMILES string of the molecule is O=C(N/N=C/c1ccccc1[N+](=O)[O-])c1c[nH]c2ccccc12. The number of aromatic amines is 1. The van der Waals surface area contributed by atoms with Crippen molar-refractivity contribution in [2.45, 2.75) is 0 Å². The molecular formula is C16H12N4O3. The number of fused-ring (bicyclic) bond motifs is 1. The fourth-order valence-corrected chi connectivity index (χ4v) is 2.24. The Morgan fingerprint density at radius 3 is 2.74 bits per heavy atom. The molecule has 0 aliphatic rings. The van der Waals surface area contributed by atoms with E-state index in [4.69, 9.17) is 0 Å².